The lowest BCUT2D eigenvalue weighted by Crippen LogP contribution is -2.35. The van der Waals surface area contributed by atoms with Gasteiger partial charge in [-0.3, -0.25) is 9.69 Å². The number of pyridine rings is 1. The van der Waals surface area contributed by atoms with E-state index in [-0.39, 0.29) is 11.9 Å². The van der Waals surface area contributed by atoms with E-state index in [1.807, 2.05) is 48.5 Å². The van der Waals surface area contributed by atoms with Crippen LogP contribution in [0.4, 0.5) is 0 Å². The van der Waals surface area contributed by atoms with Gasteiger partial charge in [0.2, 0.25) is 5.88 Å². The third-order valence-corrected chi connectivity index (χ3v) is 9.22. The number of carbonyl (C=O) groups is 1. The van der Waals surface area contributed by atoms with Gasteiger partial charge < -0.3 is 14.0 Å². The maximum atomic E-state index is 12.0. The van der Waals surface area contributed by atoms with Crippen molar-refractivity contribution in [1.29, 1.82) is 0 Å². The van der Waals surface area contributed by atoms with Gasteiger partial charge in [0.15, 0.2) is 5.78 Å². The average molecular weight is 568 g/mol. The van der Waals surface area contributed by atoms with E-state index in [9.17, 15) is 4.79 Å². The molecule has 2 aliphatic rings. The molecule has 3 aromatic heterocycles. The maximum Gasteiger partial charge on any atom is 0.213 e. The number of carbonyl (C=O) groups excluding carboxylic acids is 1. The Bertz CT molecular complexity index is 1670. The number of benzene rings is 2. The molecule has 0 amide bonds. The summed E-state index contributed by atoms with van der Waals surface area (Å²) in [5.41, 5.74) is 4.78. The van der Waals surface area contributed by atoms with Crippen molar-refractivity contribution < 1.29 is 14.3 Å². The monoisotopic (exact) mass is 567 g/mol. The Morgan fingerprint density at radius 1 is 1.00 bits per heavy atom. The number of para-hydroxylation sites is 1. The third-order valence-electron chi connectivity index (χ3n) is 8.21. The summed E-state index contributed by atoms with van der Waals surface area (Å²) in [4.78, 5) is 29.0. The number of likely N-dealkylation sites (tertiary alicyclic amines) is 1. The molecule has 2 aliphatic heterocycles. The van der Waals surface area contributed by atoms with Gasteiger partial charge in [0.05, 0.1) is 40.4 Å². The number of ketones is 1. The number of hydrogen-bond acceptors (Lipinski definition) is 8. The summed E-state index contributed by atoms with van der Waals surface area (Å²) in [5.74, 6) is 2.17. The highest BCUT2D eigenvalue weighted by molar-refractivity contribution is 7.18. The summed E-state index contributed by atoms with van der Waals surface area (Å²) < 4.78 is 15.2. The van der Waals surface area contributed by atoms with Gasteiger partial charge in [0, 0.05) is 29.8 Å². The number of hydrogen-bond donors (Lipinski definition) is 0. The summed E-state index contributed by atoms with van der Waals surface area (Å²) in [5, 5.41) is 0.958. The lowest BCUT2D eigenvalue weighted by atomic mass is 9.93. The quantitative estimate of drug-likeness (QED) is 0.202. The zero-order chi connectivity index (χ0) is 27.8. The Morgan fingerprint density at radius 3 is 2.63 bits per heavy atom. The molecule has 1 atom stereocenters. The van der Waals surface area contributed by atoms with Crippen LogP contribution in [0.2, 0.25) is 0 Å². The number of Topliss-reactive ketones (excluding diaryl/α,β-unsaturated/α-hetero) is 1. The first-order valence-corrected chi connectivity index (χ1v) is 15.2. The van der Waals surface area contributed by atoms with Crippen molar-refractivity contribution >= 4 is 38.4 Å². The topological polar surface area (TPSA) is 82.4 Å². The third kappa shape index (κ3) is 5.62. The first-order chi connectivity index (χ1) is 20.1. The van der Waals surface area contributed by atoms with Crippen LogP contribution in [0.5, 0.6) is 5.88 Å². The molecule has 8 nitrogen and oxygen atoms in total. The Labute approximate surface area is 243 Å². The van der Waals surface area contributed by atoms with E-state index < -0.39 is 0 Å². The van der Waals surface area contributed by atoms with E-state index in [2.05, 4.69) is 26.6 Å². The minimum atomic E-state index is 0.0722. The lowest BCUT2D eigenvalue weighted by Gasteiger charge is -2.32. The van der Waals surface area contributed by atoms with Gasteiger partial charge in [-0.1, -0.05) is 18.2 Å². The molecule has 210 valence electrons. The highest BCUT2D eigenvalue weighted by atomic mass is 32.1. The molecular weight excluding hydrogens is 534 g/mol. The zero-order valence-electron chi connectivity index (χ0n) is 23.2. The van der Waals surface area contributed by atoms with Crippen LogP contribution in [0, 0.1) is 0 Å². The van der Waals surface area contributed by atoms with Crippen LogP contribution in [-0.2, 0) is 24.4 Å². The molecule has 41 heavy (non-hydrogen) atoms. The predicted molar refractivity (Wildman–Crippen MR) is 160 cm³/mol. The molecule has 5 heterocycles. The van der Waals surface area contributed by atoms with Crippen LogP contribution in [0.3, 0.4) is 0 Å². The highest BCUT2D eigenvalue weighted by Crippen LogP contribution is 2.30. The standard InChI is InChI=1S/C32H33N5O3S/c1-21(38)23-9-10-26-28(17-23)37(18-24-13-16-39-24)30(33-26)19-36-14-11-22(12-15-36)25-6-4-8-31(34-25)40-20-32-35-27-5-2-3-7-29(27)41-32/h2-10,17,22,24H,11-16,18-20H2,1H3/t24-/m0/s1. The number of ether oxygens (including phenoxy) is 2. The lowest BCUT2D eigenvalue weighted by molar-refractivity contribution is -0.0592. The first kappa shape index (κ1) is 26.3. The van der Waals surface area contributed by atoms with E-state index in [0.717, 1.165) is 90.7 Å². The Kier molecular flexibility index (Phi) is 7.24. The van der Waals surface area contributed by atoms with Crippen molar-refractivity contribution in [2.24, 2.45) is 0 Å². The molecule has 2 fully saturated rings. The second-order valence-corrected chi connectivity index (χ2v) is 12.1. The molecule has 0 radical (unpaired) electrons. The molecule has 5 aromatic rings. The highest BCUT2D eigenvalue weighted by Gasteiger charge is 2.26. The van der Waals surface area contributed by atoms with Gasteiger partial charge in [0.1, 0.15) is 17.4 Å². The van der Waals surface area contributed by atoms with E-state index in [1.54, 1.807) is 18.3 Å². The van der Waals surface area contributed by atoms with E-state index >= 15 is 0 Å². The Balaban J connectivity index is 1.00. The second kappa shape index (κ2) is 11.3. The second-order valence-electron chi connectivity index (χ2n) is 11.0. The van der Waals surface area contributed by atoms with Crippen LogP contribution in [0.1, 0.15) is 59.0 Å². The molecule has 2 saturated heterocycles. The normalized spacial score (nSPS) is 18.1. The van der Waals surface area contributed by atoms with Gasteiger partial charge in [-0.05, 0) is 75.7 Å². The number of nitrogens with zero attached hydrogens (tertiary/aromatic N) is 5. The molecule has 7 rings (SSSR count). The fourth-order valence-corrected chi connectivity index (χ4v) is 6.67. The van der Waals surface area contributed by atoms with Crippen molar-refractivity contribution in [2.75, 3.05) is 19.7 Å². The van der Waals surface area contributed by atoms with Gasteiger partial charge in [-0.25, -0.2) is 15.0 Å². The van der Waals surface area contributed by atoms with Crippen LogP contribution in [0.15, 0.2) is 60.7 Å². The molecular formula is C32H33N5O3S. The molecule has 0 aliphatic carbocycles. The smallest absolute Gasteiger partial charge is 0.213 e. The number of aromatic nitrogens is 4. The van der Waals surface area contributed by atoms with Crippen LogP contribution in [0.25, 0.3) is 21.3 Å². The van der Waals surface area contributed by atoms with E-state index in [4.69, 9.17) is 19.4 Å². The number of imidazole rings is 1. The summed E-state index contributed by atoms with van der Waals surface area (Å²) in [7, 11) is 0. The summed E-state index contributed by atoms with van der Waals surface area (Å²) in [6.45, 7) is 6.37. The first-order valence-electron chi connectivity index (χ1n) is 14.4. The van der Waals surface area contributed by atoms with Crippen molar-refractivity contribution in [2.45, 2.75) is 57.9 Å². The molecule has 0 spiro atoms. The molecule has 0 N–H and O–H groups in total. The van der Waals surface area contributed by atoms with Crippen molar-refractivity contribution in [3.05, 3.63) is 82.8 Å². The summed E-state index contributed by atoms with van der Waals surface area (Å²) >= 11 is 1.66. The number of fused-ring (bicyclic) bond motifs is 2. The number of rotatable bonds is 9. The van der Waals surface area contributed by atoms with Gasteiger partial charge in [0.25, 0.3) is 0 Å². The fraction of sp³-hybridized carbons (Fsp3) is 0.375. The van der Waals surface area contributed by atoms with Gasteiger partial charge in [-0.2, -0.15) is 0 Å². The minimum absolute atomic E-state index is 0.0722. The van der Waals surface area contributed by atoms with E-state index in [1.165, 1.54) is 4.70 Å². The summed E-state index contributed by atoms with van der Waals surface area (Å²) in [6.07, 6.45) is 3.35. The molecule has 0 unspecified atom stereocenters. The van der Waals surface area contributed by atoms with Crippen molar-refractivity contribution in [1.82, 2.24) is 24.4 Å². The predicted octanol–water partition coefficient (Wildman–Crippen LogP) is 5.99. The largest absolute Gasteiger partial charge is 0.470 e. The van der Waals surface area contributed by atoms with Gasteiger partial charge in [-0.15, -0.1) is 11.3 Å². The Hall–Kier alpha value is -3.66. The van der Waals surface area contributed by atoms with Crippen LogP contribution < -0.4 is 4.74 Å². The van der Waals surface area contributed by atoms with Crippen LogP contribution >= 0.6 is 11.3 Å². The Morgan fingerprint density at radius 2 is 1.85 bits per heavy atom. The zero-order valence-corrected chi connectivity index (χ0v) is 24.0. The molecule has 9 heteroatoms. The maximum absolute atomic E-state index is 12.0. The van der Waals surface area contributed by atoms with Crippen molar-refractivity contribution in [3.63, 3.8) is 0 Å². The number of thiazole rings is 1. The fourth-order valence-electron chi connectivity index (χ4n) is 5.79. The van der Waals surface area contributed by atoms with Crippen LogP contribution in [-0.4, -0.2) is 56.0 Å². The van der Waals surface area contributed by atoms with Gasteiger partial charge >= 0.3 is 0 Å². The molecule has 0 saturated carbocycles. The summed E-state index contributed by atoms with van der Waals surface area (Å²) in [6, 6.07) is 20.1. The van der Waals surface area contributed by atoms with Crippen molar-refractivity contribution in [3.8, 4) is 5.88 Å². The molecule has 0 bridgehead atoms. The van der Waals surface area contributed by atoms with E-state index in [0.29, 0.717) is 18.4 Å². The SMILES string of the molecule is CC(=O)c1ccc2nc(CN3CCC(c4cccc(OCc5nc6ccccc6s5)n4)CC3)n(C[C@@H]3CCO3)c2c1. The minimum Gasteiger partial charge on any atom is -0.470 e. The average Bonchev–Trinajstić information content (AvgIpc) is 3.54. The molecule has 2 aromatic carbocycles. The number of piperidine rings is 1.